The first kappa shape index (κ1) is 30.6. The number of hydrogen-bond acceptors (Lipinski definition) is 9. The largest absolute Gasteiger partial charge is 0.466 e. The van der Waals surface area contributed by atoms with E-state index in [4.69, 9.17) is 26.1 Å². The molecular weight excluding hydrogens is 584 g/mol. The van der Waals surface area contributed by atoms with E-state index < -0.39 is 22.8 Å². The first-order valence-electron chi connectivity index (χ1n) is 14.2. The molecule has 2 aliphatic rings. The molecule has 0 saturated carbocycles. The number of allylic oxidation sites excluding steroid dienone is 2. The molecule has 2 heterocycles. The van der Waals surface area contributed by atoms with Crippen molar-refractivity contribution in [2.45, 2.75) is 45.4 Å². The highest BCUT2D eigenvalue weighted by molar-refractivity contribution is 6.31. The van der Waals surface area contributed by atoms with Crippen LogP contribution in [-0.4, -0.2) is 42.1 Å². The number of carbonyl (C=O) groups is 2. The quantitative estimate of drug-likeness (QED) is 0.148. The number of methoxy groups -OCH3 is 1. The van der Waals surface area contributed by atoms with Gasteiger partial charge in [0, 0.05) is 45.3 Å². The molecule has 1 atom stereocenters. The van der Waals surface area contributed by atoms with Gasteiger partial charge in [-0.05, 0) is 68.9 Å². The van der Waals surface area contributed by atoms with Crippen molar-refractivity contribution in [1.82, 2.24) is 10.3 Å². The molecule has 0 radical (unpaired) electrons. The number of esters is 2. The number of anilines is 1. The van der Waals surface area contributed by atoms with Crippen molar-refractivity contribution in [2.75, 3.05) is 25.6 Å². The molecule has 2 N–H and O–H groups in total. The number of aromatic nitrogens is 1. The summed E-state index contributed by atoms with van der Waals surface area (Å²) in [6.07, 6.45) is 4.05. The van der Waals surface area contributed by atoms with Crippen LogP contribution in [0.15, 0.2) is 65.0 Å². The smallest absolute Gasteiger partial charge is 0.337 e. The maximum absolute atomic E-state index is 13.4. The van der Waals surface area contributed by atoms with Crippen LogP contribution in [0.4, 0.5) is 11.4 Å². The summed E-state index contributed by atoms with van der Waals surface area (Å²) in [5, 5.41) is 19.6. The highest BCUT2D eigenvalue weighted by Gasteiger charge is 2.38. The number of ether oxygens (including phenoxy) is 2. The summed E-state index contributed by atoms with van der Waals surface area (Å²) in [4.78, 5) is 42.0. The van der Waals surface area contributed by atoms with Gasteiger partial charge < -0.3 is 20.1 Å². The molecule has 0 spiro atoms. The number of halogens is 1. The Morgan fingerprint density at radius 2 is 1.84 bits per heavy atom. The van der Waals surface area contributed by atoms with E-state index in [1.165, 1.54) is 30.9 Å². The summed E-state index contributed by atoms with van der Waals surface area (Å²) < 4.78 is 10.5. The number of nitrogens with zero attached hydrogens (tertiary/aromatic N) is 2. The molecule has 0 bridgehead atoms. The lowest BCUT2D eigenvalue weighted by Gasteiger charge is -2.30. The third-order valence-electron chi connectivity index (χ3n) is 7.78. The second-order valence-corrected chi connectivity index (χ2v) is 11.0. The summed E-state index contributed by atoms with van der Waals surface area (Å²) in [6.45, 7) is 3.49. The molecule has 5 rings (SSSR count). The van der Waals surface area contributed by atoms with Crippen LogP contribution in [-0.2, 0) is 31.9 Å². The molecule has 3 aromatic rings. The number of pyridine rings is 1. The van der Waals surface area contributed by atoms with Gasteiger partial charge in [-0.2, -0.15) is 0 Å². The lowest BCUT2D eigenvalue weighted by Crippen LogP contribution is -2.32. The first-order chi connectivity index (χ1) is 21.2. The SMILES string of the molecule is COC(=O)C1=C(C)NC(C)=C(C(=O)OCC#CCNc2c3c(nc4cc(Cl)ccc24)CCCC3)C1c1cccc([N+](=O)[O-])c1. The zero-order valence-corrected chi connectivity index (χ0v) is 25.3. The Morgan fingerprint density at radius 3 is 2.59 bits per heavy atom. The van der Waals surface area contributed by atoms with Crippen molar-refractivity contribution in [3.05, 3.63) is 97.0 Å². The van der Waals surface area contributed by atoms with Crippen LogP contribution in [0, 0.1) is 22.0 Å². The van der Waals surface area contributed by atoms with Gasteiger partial charge in [0.25, 0.3) is 5.69 Å². The predicted molar refractivity (Wildman–Crippen MR) is 167 cm³/mol. The molecule has 1 aromatic heterocycles. The molecule has 1 unspecified atom stereocenters. The van der Waals surface area contributed by atoms with E-state index in [2.05, 4.69) is 22.5 Å². The van der Waals surface area contributed by atoms with E-state index in [1.54, 1.807) is 19.9 Å². The number of nitrogens with one attached hydrogen (secondary N) is 2. The van der Waals surface area contributed by atoms with E-state index in [0.29, 0.717) is 28.5 Å². The Kier molecular flexibility index (Phi) is 9.16. The van der Waals surface area contributed by atoms with Crippen LogP contribution in [0.3, 0.4) is 0 Å². The molecule has 2 aromatic carbocycles. The van der Waals surface area contributed by atoms with Crippen LogP contribution < -0.4 is 10.6 Å². The summed E-state index contributed by atoms with van der Waals surface area (Å²) >= 11 is 6.22. The van der Waals surface area contributed by atoms with Crippen molar-refractivity contribution in [3.63, 3.8) is 0 Å². The Morgan fingerprint density at radius 1 is 1.09 bits per heavy atom. The van der Waals surface area contributed by atoms with Crippen LogP contribution in [0.1, 0.15) is 49.4 Å². The van der Waals surface area contributed by atoms with Gasteiger partial charge in [-0.15, -0.1) is 0 Å². The number of carbonyl (C=O) groups excluding carboxylic acids is 2. The number of dihydropyridines is 1. The van der Waals surface area contributed by atoms with Crippen LogP contribution >= 0.6 is 11.6 Å². The van der Waals surface area contributed by atoms with E-state index >= 15 is 0 Å². The summed E-state index contributed by atoms with van der Waals surface area (Å²) in [7, 11) is 1.24. The van der Waals surface area contributed by atoms with Crippen molar-refractivity contribution < 1.29 is 24.0 Å². The van der Waals surface area contributed by atoms with Gasteiger partial charge in [-0.3, -0.25) is 15.1 Å². The third-order valence-corrected chi connectivity index (χ3v) is 8.01. The minimum absolute atomic E-state index is 0.143. The number of nitro benzene ring substituents is 1. The second-order valence-electron chi connectivity index (χ2n) is 10.5. The topological polar surface area (TPSA) is 133 Å². The Balaban J connectivity index is 1.33. The molecule has 10 nitrogen and oxygen atoms in total. The molecule has 1 aliphatic carbocycles. The molecule has 0 fully saturated rings. The van der Waals surface area contributed by atoms with Gasteiger partial charge >= 0.3 is 11.9 Å². The van der Waals surface area contributed by atoms with Crippen LogP contribution in [0.5, 0.6) is 0 Å². The van der Waals surface area contributed by atoms with Crippen LogP contribution in [0.25, 0.3) is 10.9 Å². The fourth-order valence-electron chi connectivity index (χ4n) is 5.82. The van der Waals surface area contributed by atoms with E-state index in [9.17, 15) is 19.7 Å². The summed E-state index contributed by atoms with van der Waals surface area (Å²) in [5.41, 5.74) is 5.56. The Labute approximate surface area is 259 Å². The lowest BCUT2D eigenvalue weighted by atomic mass is 9.80. The minimum atomic E-state index is -0.939. The van der Waals surface area contributed by atoms with Gasteiger partial charge in [-0.1, -0.05) is 35.6 Å². The number of rotatable bonds is 7. The average Bonchev–Trinajstić information content (AvgIpc) is 3.01. The fourth-order valence-corrected chi connectivity index (χ4v) is 5.99. The molecule has 0 amide bonds. The fraction of sp³-hybridized carbons (Fsp3) is 0.303. The highest BCUT2D eigenvalue weighted by atomic mass is 35.5. The van der Waals surface area contributed by atoms with Crippen LogP contribution in [0.2, 0.25) is 5.02 Å². The van der Waals surface area contributed by atoms with E-state index in [0.717, 1.165) is 48.0 Å². The molecular formula is C33H31ClN4O6. The van der Waals surface area contributed by atoms with Gasteiger partial charge in [0.15, 0.2) is 6.61 Å². The maximum Gasteiger partial charge on any atom is 0.337 e. The summed E-state index contributed by atoms with van der Waals surface area (Å²) in [5.74, 6) is 3.60. The number of fused-ring (bicyclic) bond motifs is 2. The standard InChI is InChI=1S/C33H31ClN4O6/c1-19-28(32(39)43-3)30(21-9-8-10-23(17-21)38(41)42)29(20(2)36-19)33(40)44-16-7-6-15-35-31-24-11-4-5-12-26(24)37-27-18-22(34)13-14-25(27)31/h8-10,13-14,17-18,30,36H,4-5,11-12,15-16H2,1-3H3,(H,35,37). The number of benzene rings is 2. The zero-order chi connectivity index (χ0) is 31.4. The van der Waals surface area contributed by atoms with Crippen molar-refractivity contribution in [1.29, 1.82) is 0 Å². The molecule has 0 saturated heterocycles. The zero-order valence-electron chi connectivity index (χ0n) is 24.6. The van der Waals surface area contributed by atoms with Crippen molar-refractivity contribution >= 4 is 45.8 Å². The Bertz CT molecular complexity index is 1800. The van der Waals surface area contributed by atoms with E-state index in [-0.39, 0.29) is 23.4 Å². The van der Waals surface area contributed by atoms with Gasteiger partial charge in [0.2, 0.25) is 0 Å². The minimum Gasteiger partial charge on any atom is -0.466 e. The van der Waals surface area contributed by atoms with Gasteiger partial charge in [0.1, 0.15) is 0 Å². The molecule has 226 valence electrons. The van der Waals surface area contributed by atoms with Crippen molar-refractivity contribution in [2.24, 2.45) is 0 Å². The highest BCUT2D eigenvalue weighted by Crippen LogP contribution is 2.40. The average molecular weight is 615 g/mol. The normalized spacial score (nSPS) is 16.0. The number of hydrogen-bond donors (Lipinski definition) is 2. The van der Waals surface area contributed by atoms with Crippen molar-refractivity contribution in [3.8, 4) is 11.8 Å². The third kappa shape index (κ3) is 6.24. The monoisotopic (exact) mass is 614 g/mol. The maximum atomic E-state index is 13.4. The van der Waals surface area contributed by atoms with Gasteiger partial charge in [0.05, 0.1) is 41.2 Å². The molecule has 1 aliphatic heterocycles. The lowest BCUT2D eigenvalue weighted by molar-refractivity contribution is -0.384. The van der Waals surface area contributed by atoms with E-state index in [1.807, 2.05) is 18.2 Å². The number of nitro groups is 1. The molecule has 44 heavy (non-hydrogen) atoms. The first-order valence-corrected chi connectivity index (χ1v) is 14.6. The Hall–Kier alpha value is -4.88. The summed E-state index contributed by atoms with van der Waals surface area (Å²) in [6, 6.07) is 11.5. The predicted octanol–water partition coefficient (Wildman–Crippen LogP) is 5.74. The number of non-ortho nitro benzene ring substituents is 1. The number of aryl methyl sites for hydroxylation is 1. The molecule has 11 heteroatoms. The van der Waals surface area contributed by atoms with Gasteiger partial charge in [-0.25, -0.2) is 9.59 Å². The second kappa shape index (κ2) is 13.2.